The fourth-order valence-corrected chi connectivity index (χ4v) is 20.9. The zero-order valence-corrected chi connectivity index (χ0v) is 76.1. The minimum atomic E-state index is -0.185. The number of halogens is 1. The molecule has 0 radical (unpaired) electrons. The molecule has 20 heteroatoms. The van der Waals surface area contributed by atoms with Crippen LogP contribution in [0.15, 0.2) is 48.6 Å². The van der Waals surface area contributed by atoms with Crippen LogP contribution in [0.4, 0.5) is 11.9 Å². The van der Waals surface area contributed by atoms with Crippen LogP contribution < -0.4 is 9.80 Å². The van der Waals surface area contributed by atoms with Crippen LogP contribution in [0, 0.1) is 0 Å². The van der Waals surface area contributed by atoms with Gasteiger partial charge in [-0.2, -0.15) is 40.3 Å². The number of hydrogen-bond acceptors (Lipinski definition) is 19. The molecule has 6 fully saturated rings. The van der Waals surface area contributed by atoms with Gasteiger partial charge in [-0.25, -0.2) is 0 Å². The predicted molar refractivity (Wildman–Crippen MR) is 464 cm³/mol. The molecule has 648 valence electrons. The maximum atomic E-state index is 11.6. The van der Waals surface area contributed by atoms with E-state index >= 15 is 0 Å². The molecule has 0 bridgehead atoms. The maximum absolute atomic E-state index is 11.6. The summed E-state index contributed by atoms with van der Waals surface area (Å²) in [6.07, 6.45) is 55.0. The van der Waals surface area contributed by atoms with Crippen LogP contribution in [-0.4, -0.2) is 175 Å². The number of esters is 2. The molecule has 5 aliphatic carbocycles. The van der Waals surface area contributed by atoms with Crippen LogP contribution in [0.5, 0.6) is 0 Å². The third-order valence-electron chi connectivity index (χ3n) is 25.2. The van der Waals surface area contributed by atoms with Crippen molar-refractivity contribution in [2.75, 3.05) is 22.9 Å². The number of carbonyl (C=O) groups excluding carboxylic acids is 2. The molecule has 5 aliphatic heterocycles. The van der Waals surface area contributed by atoms with Gasteiger partial charge in [0.05, 0.1) is 30.5 Å². The van der Waals surface area contributed by atoms with Crippen molar-refractivity contribution in [2.24, 2.45) is 0 Å². The van der Waals surface area contributed by atoms with E-state index in [0.29, 0.717) is 36.9 Å². The van der Waals surface area contributed by atoms with Crippen molar-refractivity contribution in [3.8, 4) is 0 Å². The Morgan fingerprint density at radius 2 is 0.655 bits per heavy atom. The maximum Gasteiger partial charge on any atom is 0.305 e. The molecule has 4 atom stereocenters. The lowest BCUT2D eigenvalue weighted by Crippen LogP contribution is -2.65. The van der Waals surface area contributed by atoms with Crippen molar-refractivity contribution < 1.29 is 43.3 Å². The normalized spacial score (nSPS) is 27.7. The first-order valence-corrected chi connectivity index (χ1v) is 45.2. The number of rotatable bonds is 24. The second-order valence-electron chi connectivity index (χ2n) is 41.0. The molecule has 113 heavy (non-hydrogen) atoms. The largest absolute Gasteiger partial charge is 0.462 e. The van der Waals surface area contributed by atoms with E-state index in [9.17, 15) is 9.59 Å². The second kappa shape index (κ2) is 41.6. The van der Waals surface area contributed by atoms with Gasteiger partial charge in [-0.1, -0.05) is 116 Å². The van der Waals surface area contributed by atoms with Gasteiger partial charge in [-0.3, -0.25) is 33.8 Å². The lowest BCUT2D eigenvalue weighted by Gasteiger charge is -2.56. The van der Waals surface area contributed by atoms with Gasteiger partial charge in [0.1, 0.15) is 12.2 Å². The molecule has 1 aromatic rings. The molecular weight excluding hydrogens is 1440 g/mol. The number of hydrogen-bond donors (Lipinski definition) is 0. The summed E-state index contributed by atoms with van der Waals surface area (Å²) < 4.78 is 11.2. The molecule has 0 amide bonds. The molecular formula is C93H165ClN10O9. The van der Waals surface area contributed by atoms with Gasteiger partial charge in [-0.15, -0.1) is 0 Å². The fraction of sp³-hybridized carbons (Fsp3) is 0.860. The van der Waals surface area contributed by atoms with E-state index in [0.717, 1.165) is 142 Å². The van der Waals surface area contributed by atoms with Crippen molar-refractivity contribution in [1.29, 1.82) is 0 Å². The average molecular weight is 1600 g/mol. The number of aromatic nitrogens is 3. The van der Waals surface area contributed by atoms with E-state index in [4.69, 9.17) is 60.2 Å². The first-order valence-electron chi connectivity index (χ1n) is 44.8. The third kappa shape index (κ3) is 27.2. The Morgan fingerprint density at radius 1 is 0.372 bits per heavy atom. The molecule has 0 spiro atoms. The minimum absolute atomic E-state index is 0. The highest BCUT2D eigenvalue weighted by Crippen LogP contribution is 2.48. The topological polar surface area (TPSA) is 160 Å². The average Bonchev–Trinajstić information content (AvgIpc) is 0.739. The van der Waals surface area contributed by atoms with E-state index in [-0.39, 0.29) is 123 Å². The van der Waals surface area contributed by atoms with Crippen LogP contribution in [0.25, 0.3) is 0 Å². The van der Waals surface area contributed by atoms with Crippen molar-refractivity contribution in [3.63, 3.8) is 0 Å². The lowest BCUT2D eigenvalue weighted by atomic mass is 9.78. The standard InChI is InChI=1S/C41H70ClN7O2.C18H33NO3.C18H31NO3.C15H27NO.CH4/c1-11-13-25-46(31-27-38(3,4)48(39(5,6)28-31)50-33-21-17-15-18-22-33)36-43-35(42)44-37(45-36)47(26-14-12-2)32-29-40(7,8)49(41(9,10)30-32)51-34-23-19-16-20-24-34;2*1-6-16(20)21-15-12-17(2,3)19(18(4,5)13-15)22-14-10-8-7-9-11-14;1-14(2)11-8-12-15(3,4)16(14)17-13-9-6-5-7-10-13;/h17,19,21,23,31-34H,11-16,18,20,22,24-30H2,1-10H3;14-15H,6-13H2,1-5H3;8,10,14-15H,6-7,9,11-13H2,1-5H3;6,9,13H,5,7-8,10-12H2,1-4H3;1H4. The molecule has 1 aromatic heterocycles. The van der Waals surface area contributed by atoms with E-state index < -0.39 is 0 Å². The van der Waals surface area contributed by atoms with Crippen LogP contribution >= 0.6 is 11.6 Å². The smallest absolute Gasteiger partial charge is 0.305 e. The number of unbranched alkanes of at least 4 members (excludes halogenated alkanes) is 2. The molecule has 0 aromatic carbocycles. The quantitative estimate of drug-likeness (QED) is 0.0709. The number of allylic oxidation sites excluding steroid dienone is 4. The van der Waals surface area contributed by atoms with Gasteiger partial charge in [-0.05, 0) is 298 Å². The molecule has 0 N–H and O–H groups in total. The van der Waals surface area contributed by atoms with Crippen molar-refractivity contribution in [3.05, 3.63) is 53.9 Å². The zero-order valence-electron chi connectivity index (χ0n) is 75.3. The molecule has 19 nitrogen and oxygen atoms in total. The minimum Gasteiger partial charge on any atom is -0.462 e. The van der Waals surface area contributed by atoms with Gasteiger partial charge in [0.15, 0.2) is 0 Å². The van der Waals surface area contributed by atoms with Crippen molar-refractivity contribution in [2.45, 2.75) is 502 Å². The van der Waals surface area contributed by atoms with Crippen molar-refractivity contribution >= 4 is 35.4 Å². The summed E-state index contributed by atoms with van der Waals surface area (Å²) in [5, 5.41) is 11.5. The number of anilines is 2. The van der Waals surface area contributed by atoms with E-state index in [1.54, 1.807) is 0 Å². The molecule has 4 unspecified atom stereocenters. The summed E-state index contributed by atoms with van der Waals surface area (Å²) >= 11 is 6.89. The number of carbonyl (C=O) groups is 2. The Morgan fingerprint density at radius 3 is 0.929 bits per heavy atom. The predicted octanol–water partition coefficient (Wildman–Crippen LogP) is 22.8. The fourth-order valence-electron chi connectivity index (χ4n) is 20.8. The van der Waals surface area contributed by atoms with Crippen LogP contribution in [0.3, 0.4) is 0 Å². The molecule has 6 heterocycles. The number of nitrogens with zero attached hydrogens (tertiary/aromatic N) is 10. The Balaban J connectivity index is 0.000000235. The Kier molecular flexibility index (Phi) is 35.5. The second-order valence-corrected chi connectivity index (χ2v) is 41.3. The zero-order chi connectivity index (χ0) is 82.3. The summed E-state index contributed by atoms with van der Waals surface area (Å²) in [6.45, 7) is 55.3. The van der Waals surface area contributed by atoms with E-state index in [1.807, 2.05) is 13.8 Å². The Labute approximate surface area is 694 Å². The Hall–Kier alpha value is -3.60. The lowest BCUT2D eigenvalue weighted by molar-refractivity contribution is -0.318. The van der Waals surface area contributed by atoms with Crippen LogP contribution in [-0.2, 0) is 43.3 Å². The monoisotopic (exact) mass is 1600 g/mol. The van der Waals surface area contributed by atoms with Crippen LogP contribution in [0.2, 0.25) is 5.28 Å². The van der Waals surface area contributed by atoms with Gasteiger partial charge in [0, 0.05) is 119 Å². The van der Waals surface area contributed by atoms with E-state index in [2.05, 4.69) is 236 Å². The SMILES string of the molecule is C.CC1(C)CCCC(C)(C)N1OC1C=CCCC1.CCC(=O)OC1CC(C)(C)N(OC2C=CCCC2)C(C)(C)C1.CCC(=O)OC1CC(C)(C)N(OC2CCCCC2)C(C)(C)C1.CCCCN(c1nc(Cl)nc(N(CCCC)C2CC(C)(C)N(OC3C=CCCC3)C(C)(C)C2)n1)C1CC(C)(C)N(OC2C=CCCC2)C(C)(C)C1. The summed E-state index contributed by atoms with van der Waals surface area (Å²) in [5.74, 6) is 1.19. The molecule has 5 saturated heterocycles. The van der Waals surface area contributed by atoms with Crippen molar-refractivity contribution in [1.82, 2.24) is 40.3 Å². The first-order chi connectivity index (χ1) is 52.5. The summed E-state index contributed by atoms with van der Waals surface area (Å²) in [6, 6.07) is 0.455. The number of hydroxylamine groups is 10. The molecule has 10 aliphatic rings. The van der Waals surface area contributed by atoms with Gasteiger partial charge < -0.3 is 19.3 Å². The third-order valence-corrected chi connectivity index (χ3v) is 25.4. The van der Waals surface area contributed by atoms with Gasteiger partial charge >= 0.3 is 11.9 Å². The molecule has 11 rings (SSSR count). The highest BCUT2D eigenvalue weighted by Gasteiger charge is 2.54. The van der Waals surface area contributed by atoms with E-state index in [1.165, 1.54) is 77.0 Å². The highest BCUT2D eigenvalue weighted by molar-refractivity contribution is 6.28. The summed E-state index contributed by atoms with van der Waals surface area (Å²) in [5.41, 5.74) is -0.996. The number of ether oxygens (including phenoxy) is 2. The highest BCUT2D eigenvalue weighted by atomic mass is 35.5. The first kappa shape index (κ1) is 96.5. The Bertz CT molecular complexity index is 3030. The van der Waals surface area contributed by atoms with Gasteiger partial charge in [0.2, 0.25) is 17.2 Å². The van der Waals surface area contributed by atoms with Gasteiger partial charge in [0.25, 0.3) is 0 Å². The van der Waals surface area contributed by atoms with Crippen LogP contribution in [0.1, 0.15) is 392 Å². The molecule has 1 saturated carbocycles. The summed E-state index contributed by atoms with van der Waals surface area (Å²) in [4.78, 5) is 75.9. The number of piperidine rings is 5. The summed E-state index contributed by atoms with van der Waals surface area (Å²) in [7, 11) is 0.